The van der Waals surface area contributed by atoms with Crippen molar-refractivity contribution >= 4 is 22.4 Å². The first-order chi connectivity index (χ1) is 9.17. The zero-order valence-corrected chi connectivity index (χ0v) is 11.2. The van der Waals surface area contributed by atoms with Gasteiger partial charge in [0.1, 0.15) is 5.75 Å². The molecule has 0 atom stereocenters. The van der Waals surface area contributed by atoms with E-state index in [1.807, 2.05) is 0 Å². The Bertz CT molecular complexity index is 598. The first kappa shape index (κ1) is 12.0. The van der Waals surface area contributed by atoms with E-state index in [1.54, 1.807) is 36.3 Å². The number of carbonyl (C=O) groups excluding carboxylic acids is 1. The first-order valence-electron chi connectivity index (χ1n) is 5.85. The van der Waals surface area contributed by atoms with Crippen molar-refractivity contribution in [3.05, 3.63) is 40.4 Å². The Morgan fingerprint density at radius 2 is 2.11 bits per heavy atom. The van der Waals surface area contributed by atoms with E-state index in [-0.39, 0.29) is 5.91 Å². The minimum absolute atomic E-state index is 0.00595. The minimum atomic E-state index is 0.00595. The van der Waals surface area contributed by atoms with Crippen LogP contribution in [0.25, 0.3) is 0 Å². The maximum Gasteiger partial charge on any atom is 0.254 e. The van der Waals surface area contributed by atoms with Crippen molar-refractivity contribution in [1.29, 1.82) is 0 Å². The molecule has 1 aliphatic rings. The van der Waals surface area contributed by atoms with Gasteiger partial charge in [-0.3, -0.25) is 4.79 Å². The number of rotatable bonds is 2. The molecule has 19 heavy (non-hydrogen) atoms. The second kappa shape index (κ2) is 4.55. The fourth-order valence-electron chi connectivity index (χ4n) is 2.12. The lowest BCUT2D eigenvalue weighted by Gasteiger charge is -2.15. The summed E-state index contributed by atoms with van der Waals surface area (Å²) in [7, 11) is 1.60. The fourth-order valence-corrected chi connectivity index (χ4v) is 2.98. The van der Waals surface area contributed by atoms with Gasteiger partial charge >= 0.3 is 0 Å². The Hall–Kier alpha value is -2.08. The lowest BCUT2D eigenvalue weighted by molar-refractivity contribution is 0.0751. The molecule has 98 valence electrons. The monoisotopic (exact) mass is 275 g/mol. The summed E-state index contributed by atoms with van der Waals surface area (Å²) in [5.74, 6) is 0.748. The van der Waals surface area contributed by atoms with Crippen LogP contribution in [0.4, 0.5) is 5.13 Å². The average Bonchev–Trinajstić information content (AvgIpc) is 2.95. The lowest BCUT2D eigenvalue weighted by Crippen LogP contribution is -2.25. The van der Waals surface area contributed by atoms with Gasteiger partial charge in [-0.25, -0.2) is 4.98 Å². The Morgan fingerprint density at radius 1 is 1.37 bits per heavy atom. The predicted octanol–water partition coefficient (Wildman–Crippen LogP) is 1.89. The number of nitrogens with zero attached hydrogens (tertiary/aromatic N) is 2. The van der Waals surface area contributed by atoms with Crippen LogP contribution in [0.2, 0.25) is 0 Å². The average molecular weight is 275 g/mol. The van der Waals surface area contributed by atoms with Crippen LogP contribution in [0.15, 0.2) is 24.3 Å². The number of carbonyl (C=O) groups is 1. The van der Waals surface area contributed by atoms with Crippen molar-refractivity contribution in [2.24, 2.45) is 0 Å². The number of anilines is 1. The normalized spacial score (nSPS) is 13.4. The Labute approximate surface area is 114 Å². The second-order valence-electron chi connectivity index (χ2n) is 4.31. The summed E-state index contributed by atoms with van der Waals surface area (Å²) in [5, 5.41) is 0.571. The molecule has 0 unspecified atom stereocenters. The molecular weight excluding hydrogens is 262 g/mol. The molecule has 1 amide bonds. The number of nitrogens with two attached hydrogens (primary N) is 1. The summed E-state index contributed by atoms with van der Waals surface area (Å²) in [6, 6.07) is 7.12. The van der Waals surface area contributed by atoms with Crippen molar-refractivity contribution < 1.29 is 9.53 Å². The van der Waals surface area contributed by atoms with Gasteiger partial charge in [0.25, 0.3) is 5.91 Å². The van der Waals surface area contributed by atoms with Gasteiger partial charge in [-0.1, -0.05) is 0 Å². The molecule has 2 heterocycles. The maximum absolute atomic E-state index is 12.3. The maximum atomic E-state index is 12.3. The van der Waals surface area contributed by atoms with Crippen LogP contribution in [-0.4, -0.2) is 22.9 Å². The van der Waals surface area contributed by atoms with Gasteiger partial charge in [-0.05, 0) is 24.3 Å². The predicted molar refractivity (Wildman–Crippen MR) is 73.1 cm³/mol. The summed E-state index contributed by atoms with van der Waals surface area (Å²) >= 11 is 1.45. The fraction of sp³-hybridized carbons (Fsp3) is 0.231. The zero-order chi connectivity index (χ0) is 13.4. The molecule has 3 rings (SSSR count). The molecule has 6 heteroatoms. The lowest BCUT2D eigenvalue weighted by atomic mass is 10.2. The number of nitrogen functional groups attached to an aromatic ring is 1. The molecular formula is C13H13N3O2S. The van der Waals surface area contributed by atoms with Gasteiger partial charge < -0.3 is 15.4 Å². The number of aromatic nitrogens is 1. The van der Waals surface area contributed by atoms with Crippen molar-refractivity contribution in [3.8, 4) is 5.75 Å². The number of hydrogen-bond donors (Lipinski definition) is 1. The molecule has 0 aliphatic carbocycles. The number of amides is 1. The molecule has 0 saturated carbocycles. The Balaban J connectivity index is 1.76. The molecule has 2 N–H and O–H groups in total. The molecule has 1 aromatic heterocycles. The highest BCUT2D eigenvalue weighted by Crippen LogP contribution is 2.30. The minimum Gasteiger partial charge on any atom is -0.497 e. The molecule has 0 saturated heterocycles. The second-order valence-corrected chi connectivity index (χ2v) is 5.43. The van der Waals surface area contributed by atoms with Gasteiger partial charge in [0.15, 0.2) is 5.13 Å². The van der Waals surface area contributed by atoms with E-state index < -0.39 is 0 Å². The molecule has 0 fully saturated rings. The molecule has 0 spiro atoms. The summed E-state index contributed by atoms with van der Waals surface area (Å²) in [4.78, 5) is 19.4. The van der Waals surface area contributed by atoms with E-state index in [1.165, 1.54) is 11.3 Å². The molecule has 0 radical (unpaired) electrons. The van der Waals surface area contributed by atoms with Crippen molar-refractivity contribution in [2.45, 2.75) is 13.1 Å². The highest BCUT2D eigenvalue weighted by Gasteiger charge is 2.27. The number of hydrogen-bond acceptors (Lipinski definition) is 5. The van der Waals surface area contributed by atoms with Crippen molar-refractivity contribution in [1.82, 2.24) is 9.88 Å². The largest absolute Gasteiger partial charge is 0.497 e. The van der Waals surface area contributed by atoms with Crippen LogP contribution in [0.3, 0.4) is 0 Å². The van der Waals surface area contributed by atoms with E-state index in [0.717, 1.165) is 16.3 Å². The molecule has 1 aliphatic heterocycles. The van der Waals surface area contributed by atoms with E-state index in [2.05, 4.69) is 4.98 Å². The van der Waals surface area contributed by atoms with Crippen LogP contribution in [0, 0.1) is 0 Å². The van der Waals surface area contributed by atoms with E-state index >= 15 is 0 Å². The number of fused-ring (bicyclic) bond motifs is 1. The van der Waals surface area contributed by atoms with Gasteiger partial charge in [0.2, 0.25) is 0 Å². The topological polar surface area (TPSA) is 68.5 Å². The van der Waals surface area contributed by atoms with Crippen LogP contribution in [-0.2, 0) is 13.1 Å². The molecule has 5 nitrogen and oxygen atoms in total. The Kier molecular flexibility index (Phi) is 2.87. The van der Waals surface area contributed by atoms with Crippen LogP contribution < -0.4 is 10.5 Å². The third kappa shape index (κ3) is 2.15. The van der Waals surface area contributed by atoms with Gasteiger partial charge in [-0.2, -0.15) is 0 Å². The molecule has 2 aromatic rings. The molecule has 0 bridgehead atoms. The third-order valence-corrected chi connectivity index (χ3v) is 4.01. The number of benzene rings is 1. The van der Waals surface area contributed by atoms with E-state index in [0.29, 0.717) is 23.8 Å². The third-order valence-electron chi connectivity index (χ3n) is 3.09. The van der Waals surface area contributed by atoms with Gasteiger partial charge in [0.05, 0.1) is 30.8 Å². The number of methoxy groups -OCH3 is 1. The number of thiazole rings is 1. The Morgan fingerprint density at radius 3 is 2.74 bits per heavy atom. The SMILES string of the molecule is COc1ccc(C(=O)N2Cc3nc(N)sc3C2)cc1. The van der Waals surface area contributed by atoms with Crippen LogP contribution in [0.1, 0.15) is 20.9 Å². The summed E-state index contributed by atoms with van der Waals surface area (Å²) < 4.78 is 5.08. The summed E-state index contributed by atoms with van der Waals surface area (Å²) in [5.41, 5.74) is 7.22. The zero-order valence-electron chi connectivity index (χ0n) is 10.4. The number of ether oxygens (including phenoxy) is 1. The van der Waals surface area contributed by atoms with Crippen LogP contribution >= 0.6 is 11.3 Å². The quantitative estimate of drug-likeness (QED) is 0.908. The summed E-state index contributed by atoms with van der Waals surface area (Å²) in [6.07, 6.45) is 0. The van der Waals surface area contributed by atoms with Gasteiger partial charge in [0, 0.05) is 5.56 Å². The first-order valence-corrected chi connectivity index (χ1v) is 6.66. The van der Waals surface area contributed by atoms with Gasteiger partial charge in [-0.15, -0.1) is 11.3 Å². The highest BCUT2D eigenvalue weighted by molar-refractivity contribution is 7.15. The smallest absolute Gasteiger partial charge is 0.254 e. The highest BCUT2D eigenvalue weighted by atomic mass is 32.1. The summed E-state index contributed by atoms with van der Waals surface area (Å²) in [6.45, 7) is 1.13. The van der Waals surface area contributed by atoms with E-state index in [4.69, 9.17) is 10.5 Å². The van der Waals surface area contributed by atoms with E-state index in [9.17, 15) is 4.79 Å². The van der Waals surface area contributed by atoms with Crippen molar-refractivity contribution in [3.63, 3.8) is 0 Å². The molecule has 1 aromatic carbocycles. The standard InChI is InChI=1S/C13H13N3O2S/c1-18-9-4-2-8(3-5-9)12(17)16-6-10-11(7-16)19-13(14)15-10/h2-5H,6-7H2,1H3,(H2,14,15). The van der Waals surface area contributed by atoms with Crippen LogP contribution in [0.5, 0.6) is 5.75 Å². The van der Waals surface area contributed by atoms with Crippen molar-refractivity contribution in [2.75, 3.05) is 12.8 Å².